The molecule has 1 atom stereocenters. The predicted molar refractivity (Wildman–Crippen MR) is 83.1 cm³/mol. The summed E-state index contributed by atoms with van der Waals surface area (Å²) in [6.07, 6.45) is 2.81. The second-order valence-corrected chi connectivity index (χ2v) is 4.84. The van der Waals surface area contributed by atoms with E-state index in [-0.39, 0.29) is 5.92 Å². The van der Waals surface area contributed by atoms with Gasteiger partial charge in [-0.15, -0.1) is 6.58 Å². The number of benzene rings is 2. The van der Waals surface area contributed by atoms with Gasteiger partial charge in [0, 0.05) is 17.3 Å². The molecule has 2 nitrogen and oxygen atoms in total. The Labute approximate surface area is 114 Å². The molecule has 0 spiro atoms. The molecule has 2 aromatic rings. The van der Waals surface area contributed by atoms with E-state index in [0.29, 0.717) is 5.69 Å². The van der Waals surface area contributed by atoms with E-state index in [1.807, 2.05) is 24.3 Å². The summed E-state index contributed by atoms with van der Waals surface area (Å²) >= 11 is 0. The van der Waals surface area contributed by atoms with Gasteiger partial charge in [0.15, 0.2) is 0 Å². The zero-order valence-corrected chi connectivity index (χ0v) is 11.3. The molecule has 0 aliphatic heterocycles. The van der Waals surface area contributed by atoms with Crippen LogP contribution in [0.15, 0.2) is 55.1 Å². The van der Waals surface area contributed by atoms with Gasteiger partial charge in [-0.25, -0.2) is 0 Å². The first kappa shape index (κ1) is 13.2. The summed E-state index contributed by atoms with van der Waals surface area (Å²) < 4.78 is 0. The Morgan fingerprint density at radius 3 is 2.37 bits per heavy atom. The predicted octanol–water partition coefficient (Wildman–Crippen LogP) is 3.73. The number of nitrogen functional groups attached to an aromatic ring is 2. The fourth-order valence-electron chi connectivity index (χ4n) is 2.28. The maximum absolute atomic E-state index is 6.04. The largest absolute Gasteiger partial charge is 0.399 e. The minimum atomic E-state index is 0.262. The SMILES string of the molecule is C=CCc1ccc(C(C)c2ccc(N)cc2N)cc1. The first-order chi connectivity index (χ1) is 9.11. The van der Waals surface area contributed by atoms with Crippen LogP contribution >= 0.6 is 0 Å². The first-order valence-corrected chi connectivity index (χ1v) is 6.46. The highest BCUT2D eigenvalue weighted by molar-refractivity contribution is 5.59. The summed E-state index contributed by atoms with van der Waals surface area (Å²) in [4.78, 5) is 0. The molecule has 4 N–H and O–H groups in total. The van der Waals surface area contributed by atoms with E-state index in [0.717, 1.165) is 17.7 Å². The van der Waals surface area contributed by atoms with Crippen molar-refractivity contribution in [2.24, 2.45) is 0 Å². The molecule has 0 saturated carbocycles. The fourth-order valence-corrected chi connectivity index (χ4v) is 2.28. The molecule has 0 aliphatic carbocycles. The van der Waals surface area contributed by atoms with Gasteiger partial charge >= 0.3 is 0 Å². The van der Waals surface area contributed by atoms with Crippen LogP contribution in [-0.4, -0.2) is 0 Å². The van der Waals surface area contributed by atoms with Gasteiger partial charge in [0.05, 0.1) is 0 Å². The molecule has 0 fully saturated rings. The number of allylic oxidation sites excluding steroid dienone is 1. The summed E-state index contributed by atoms with van der Waals surface area (Å²) in [6.45, 7) is 5.91. The summed E-state index contributed by atoms with van der Waals surface area (Å²) in [7, 11) is 0. The highest BCUT2D eigenvalue weighted by Gasteiger charge is 2.11. The Balaban J connectivity index is 2.27. The van der Waals surface area contributed by atoms with Crippen LogP contribution < -0.4 is 11.5 Å². The van der Waals surface area contributed by atoms with Crippen LogP contribution in [0.4, 0.5) is 11.4 Å². The molecule has 1 unspecified atom stereocenters. The Hall–Kier alpha value is -2.22. The molecule has 0 bridgehead atoms. The van der Waals surface area contributed by atoms with E-state index in [1.165, 1.54) is 11.1 Å². The van der Waals surface area contributed by atoms with Gasteiger partial charge in [-0.3, -0.25) is 0 Å². The summed E-state index contributed by atoms with van der Waals surface area (Å²) in [6, 6.07) is 14.3. The highest BCUT2D eigenvalue weighted by atomic mass is 14.6. The quantitative estimate of drug-likeness (QED) is 0.643. The van der Waals surface area contributed by atoms with Crippen LogP contribution in [0.5, 0.6) is 0 Å². The van der Waals surface area contributed by atoms with E-state index < -0.39 is 0 Å². The van der Waals surface area contributed by atoms with Crippen LogP contribution in [0, 0.1) is 0 Å². The average molecular weight is 252 g/mol. The van der Waals surface area contributed by atoms with Crippen molar-refractivity contribution in [3.05, 3.63) is 71.8 Å². The fraction of sp³-hybridized carbons (Fsp3) is 0.176. The van der Waals surface area contributed by atoms with Crippen LogP contribution in [0.2, 0.25) is 0 Å². The zero-order valence-electron chi connectivity index (χ0n) is 11.3. The minimum absolute atomic E-state index is 0.262. The molecule has 0 aromatic heterocycles. The normalized spacial score (nSPS) is 12.1. The lowest BCUT2D eigenvalue weighted by atomic mass is 9.91. The molecular formula is C17H20N2. The number of nitrogens with two attached hydrogens (primary N) is 2. The third kappa shape index (κ3) is 2.97. The van der Waals surface area contributed by atoms with Crippen LogP contribution in [0.3, 0.4) is 0 Å². The summed E-state index contributed by atoms with van der Waals surface area (Å²) in [5.74, 6) is 0.262. The molecule has 0 saturated heterocycles. The Bertz CT molecular complexity index is 570. The van der Waals surface area contributed by atoms with E-state index in [1.54, 1.807) is 0 Å². The van der Waals surface area contributed by atoms with E-state index in [2.05, 4.69) is 37.8 Å². The highest BCUT2D eigenvalue weighted by Crippen LogP contribution is 2.29. The molecule has 0 heterocycles. The first-order valence-electron chi connectivity index (χ1n) is 6.46. The zero-order chi connectivity index (χ0) is 13.8. The average Bonchev–Trinajstić information content (AvgIpc) is 2.39. The Kier molecular flexibility index (Phi) is 3.91. The molecule has 0 aliphatic rings. The lowest BCUT2D eigenvalue weighted by molar-refractivity contribution is 0.924. The smallest absolute Gasteiger partial charge is 0.0373 e. The number of rotatable bonds is 4. The second kappa shape index (κ2) is 5.61. The molecule has 19 heavy (non-hydrogen) atoms. The molecule has 0 radical (unpaired) electrons. The van der Waals surface area contributed by atoms with Gasteiger partial charge in [0.1, 0.15) is 0 Å². The van der Waals surface area contributed by atoms with Crippen molar-refractivity contribution in [1.29, 1.82) is 0 Å². The molecule has 0 amide bonds. The van der Waals surface area contributed by atoms with Crippen molar-refractivity contribution >= 4 is 11.4 Å². The van der Waals surface area contributed by atoms with Gasteiger partial charge in [0.25, 0.3) is 0 Å². The van der Waals surface area contributed by atoms with Crippen molar-refractivity contribution in [3.63, 3.8) is 0 Å². The third-order valence-electron chi connectivity index (χ3n) is 3.44. The van der Waals surface area contributed by atoms with Gasteiger partial charge < -0.3 is 11.5 Å². The van der Waals surface area contributed by atoms with Crippen molar-refractivity contribution in [1.82, 2.24) is 0 Å². The topological polar surface area (TPSA) is 52.0 Å². The molecule has 2 rings (SSSR count). The van der Waals surface area contributed by atoms with Crippen molar-refractivity contribution < 1.29 is 0 Å². The molecular weight excluding hydrogens is 232 g/mol. The molecule has 98 valence electrons. The van der Waals surface area contributed by atoms with Crippen molar-refractivity contribution in [2.45, 2.75) is 19.3 Å². The summed E-state index contributed by atoms with van der Waals surface area (Å²) in [5, 5.41) is 0. The van der Waals surface area contributed by atoms with E-state index >= 15 is 0 Å². The number of anilines is 2. The maximum atomic E-state index is 6.04. The monoisotopic (exact) mass is 252 g/mol. The molecule has 2 heteroatoms. The van der Waals surface area contributed by atoms with Gasteiger partial charge in [0.2, 0.25) is 0 Å². The van der Waals surface area contributed by atoms with E-state index in [4.69, 9.17) is 11.5 Å². The van der Waals surface area contributed by atoms with Crippen LogP contribution in [0.25, 0.3) is 0 Å². The third-order valence-corrected chi connectivity index (χ3v) is 3.44. The lowest BCUT2D eigenvalue weighted by Crippen LogP contribution is -2.02. The van der Waals surface area contributed by atoms with E-state index in [9.17, 15) is 0 Å². The molecule has 2 aromatic carbocycles. The summed E-state index contributed by atoms with van der Waals surface area (Å²) in [5.41, 5.74) is 16.9. The van der Waals surface area contributed by atoms with Gasteiger partial charge in [-0.2, -0.15) is 0 Å². The second-order valence-electron chi connectivity index (χ2n) is 4.84. The van der Waals surface area contributed by atoms with Gasteiger partial charge in [-0.05, 0) is 35.2 Å². The maximum Gasteiger partial charge on any atom is 0.0373 e. The van der Waals surface area contributed by atoms with Crippen LogP contribution in [0.1, 0.15) is 29.5 Å². The van der Waals surface area contributed by atoms with Crippen molar-refractivity contribution in [2.75, 3.05) is 11.5 Å². The number of hydrogen-bond acceptors (Lipinski definition) is 2. The minimum Gasteiger partial charge on any atom is -0.399 e. The number of hydrogen-bond donors (Lipinski definition) is 2. The lowest BCUT2D eigenvalue weighted by Gasteiger charge is -2.15. The Morgan fingerprint density at radius 2 is 1.79 bits per heavy atom. The van der Waals surface area contributed by atoms with Gasteiger partial charge in [-0.1, -0.05) is 43.3 Å². The standard InChI is InChI=1S/C17H20N2/c1-3-4-13-5-7-14(8-6-13)12(2)16-10-9-15(18)11-17(16)19/h3,5-12H,1,4,18-19H2,2H3. The van der Waals surface area contributed by atoms with Crippen LogP contribution in [-0.2, 0) is 6.42 Å². The van der Waals surface area contributed by atoms with Crippen molar-refractivity contribution in [3.8, 4) is 0 Å². The Morgan fingerprint density at radius 1 is 1.11 bits per heavy atom.